The number of hydrogen-bond donors (Lipinski definition) is 1. The monoisotopic (exact) mass is 486 g/mol. The molecule has 0 radical (unpaired) electrons. The molecular formula is C25H24Cl2N2O2S. The number of hydrogen-bond acceptors (Lipinski definition) is 4. The highest BCUT2D eigenvalue weighted by Gasteiger charge is 2.27. The van der Waals surface area contributed by atoms with Crippen molar-refractivity contribution in [1.82, 2.24) is 4.90 Å². The average Bonchev–Trinajstić information content (AvgIpc) is 3.13. The van der Waals surface area contributed by atoms with Gasteiger partial charge in [-0.2, -0.15) is 0 Å². The lowest BCUT2D eigenvalue weighted by Gasteiger charge is -2.17. The number of thiophene rings is 1. The first-order valence-electron chi connectivity index (χ1n) is 10.6. The molecular weight excluding hydrogens is 463 g/mol. The molecule has 0 aliphatic heterocycles. The van der Waals surface area contributed by atoms with Gasteiger partial charge in [-0.25, -0.2) is 0 Å². The first-order valence-corrected chi connectivity index (χ1v) is 12.2. The van der Waals surface area contributed by atoms with Crippen LogP contribution in [0.2, 0.25) is 10.0 Å². The summed E-state index contributed by atoms with van der Waals surface area (Å²) < 4.78 is 0. The Hall–Kier alpha value is -2.18. The van der Waals surface area contributed by atoms with Crippen LogP contribution in [0.25, 0.3) is 0 Å². The SMILES string of the molecule is CN(CC(=O)Nc1sc2c(c1C(=O)c1ccccc1)CCCC2)Cc1ccc(Cl)c(Cl)c1. The summed E-state index contributed by atoms with van der Waals surface area (Å²) in [6, 6.07) is 14.7. The molecule has 166 valence electrons. The molecule has 1 N–H and O–H groups in total. The number of likely N-dealkylation sites (N-methyl/N-ethyl adjacent to an activating group) is 1. The molecule has 0 saturated heterocycles. The van der Waals surface area contributed by atoms with Gasteiger partial charge in [0.15, 0.2) is 5.78 Å². The highest BCUT2D eigenvalue weighted by molar-refractivity contribution is 7.17. The summed E-state index contributed by atoms with van der Waals surface area (Å²) in [5.74, 6) is -0.169. The predicted molar refractivity (Wildman–Crippen MR) is 132 cm³/mol. The van der Waals surface area contributed by atoms with Crippen LogP contribution in [0, 0.1) is 0 Å². The van der Waals surface area contributed by atoms with E-state index in [-0.39, 0.29) is 18.2 Å². The Morgan fingerprint density at radius 1 is 1.03 bits per heavy atom. The second-order valence-corrected chi connectivity index (χ2v) is 10.00. The van der Waals surface area contributed by atoms with Crippen LogP contribution in [0.4, 0.5) is 5.00 Å². The smallest absolute Gasteiger partial charge is 0.239 e. The predicted octanol–water partition coefficient (Wildman–Crippen LogP) is 6.24. The van der Waals surface area contributed by atoms with Crippen LogP contribution < -0.4 is 5.32 Å². The lowest BCUT2D eigenvalue weighted by Crippen LogP contribution is -2.30. The van der Waals surface area contributed by atoms with E-state index in [1.54, 1.807) is 17.4 Å². The van der Waals surface area contributed by atoms with Gasteiger partial charge in [-0.15, -0.1) is 11.3 Å². The van der Waals surface area contributed by atoms with Crippen LogP contribution >= 0.6 is 34.5 Å². The largest absolute Gasteiger partial charge is 0.316 e. The number of nitrogens with one attached hydrogen (secondary N) is 1. The van der Waals surface area contributed by atoms with Crippen LogP contribution in [0.3, 0.4) is 0 Å². The van der Waals surface area contributed by atoms with E-state index in [0.717, 1.165) is 36.8 Å². The number of anilines is 1. The van der Waals surface area contributed by atoms with Gasteiger partial charge in [0, 0.05) is 17.0 Å². The highest BCUT2D eigenvalue weighted by atomic mass is 35.5. The molecule has 4 nitrogen and oxygen atoms in total. The average molecular weight is 487 g/mol. The van der Waals surface area contributed by atoms with Gasteiger partial charge < -0.3 is 5.32 Å². The summed E-state index contributed by atoms with van der Waals surface area (Å²) in [6.45, 7) is 0.753. The number of rotatable bonds is 7. The molecule has 1 aliphatic carbocycles. The van der Waals surface area contributed by atoms with E-state index in [4.69, 9.17) is 23.2 Å². The maximum Gasteiger partial charge on any atom is 0.239 e. The Morgan fingerprint density at radius 2 is 1.78 bits per heavy atom. The maximum absolute atomic E-state index is 13.3. The summed E-state index contributed by atoms with van der Waals surface area (Å²) in [4.78, 5) is 29.3. The summed E-state index contributed by atoms with van der Waals surface area (Å²) >= 11 is 13.6. The molecule has 3 aromatic rings. The number of halogens is 2. The van der Waals surface area contributed by atoms with Gasteiger partial charge in [0.1, 0.15) is 5.00 Å². The molecule has 0 spiro atoms. The van der Waals surface area contributed by atoms with Crippen molar-refractivity contribution in [1.29, 1.82) is 0 Å². The van der Waals surface area contributed by atoms with E-state index in [1.807, 2.05) is 54.4 Å². The van der Waals surface area contributed by atoms with Gasteiger partial charge >= 0.3 is 0 Å². The van der Waals surface area contributed by atoms with E-state index < -0.39 is 0 Å². The second-order valence-electron chi connectivity index (χ2n) is 8.08. The van der Waals surface area contributed by atoms with E-state index >= 15 is 0 Å². The van der Waals surface area contributed by atoms with Crippen LogP contribution in [-0.4, -0.2) is 30.2 Å². The van der Waals surface area contributed by atoms with Crippen LogP contribution in [0.1, 0.15) is 44.8 Å². The number of carbonyl (C=O) groups excluding carboxylic acids is 2. The number of benzene rings is 2. The molecule has 0 fully saturated rings. The molecule has 0 atom stereocenters. The van der Waals surface area contributed by atoms with Crippen molar-refractivity contribution in [3.63, 3.8) is 0 Å². The first kappa shape index (κ1) is 23.0. The number of fused-ring (bicyclic) bond motifs is 1. The number of carbonyl (C=O) groups is 2. The van der Waals surface area contributed by atoms with Crippen molar-refractivity contribution in [2.75, 3.05) is 18.9 Å². The van der Waals surface area contributed by atoms with Gasteiger partial charge in [-0.3, -0.25) is 14.5 Å². The Bertz CT molecular complexity index is 1140. The molecule has 4 rings (SSSR count). The Morgan fingerprint density at radius 3 is 2.53 bits per heavy atom. The standard InChI is InChI=1S/C25H24Cl2N2O2S/c1-29(14-16-11-12-19(26)20(27)13-16)15-22(30)28-25-23(18-9-5-6-10-21(18)32-25)24(31)17-7-3-2-4-8-17/h2-4,7-8,11-13H,5-6,9-10,14-15H2,1H3,(H,28,30). The molecule has 0 bridgehead atoms. The number of aryl methyl sites for hydroxylation is 1. The molecule has 2 aromatic carbocycles. The summed E-state index contributed by atoms with van der Waals surface area (Å²) in [5, 5.41) is 4.69. The first-order chi connectivity index (χ1) is 15.4. The van der Waals surface area contributed by atoms with Crippen molar-refractivity contribution in [3.8, 4) is 0 Å². The molecule has 0 saturated carbocycles. The van der Waals surface area contributed by atoms with Crippen LogP contribution in [0.5, 0.6) is 0 Å². The molecule has 1 heterocycles. The zero-order valence-corrected chi connectivity index (χ0v) is 20.1. The minimum absolute atomic E-state index is 0.0236. The lowest BCUT2D eigenvalue weighted by molar-refractivity contribution is -0.117. The molecule has 7 heteroatoms. The zero-order chi connectivity index (χ0) is 22.7. The van der Waals surface area contributed by atoms with Gasteiger partial charge in [-0.1, -0.05) is 59.6 Å². The Balaban J connectivity index is 1.50. The normalized spacial score (nSPS) is 13.1. The molecule has 1 aromatic heterocycles. The molecule has 1 amide bonds. The van der Waals surface area contributed by atoms with Crippen molar-refractivity contribution in [2.24, 2.45) is 0 Å². The van der Waals surface area contributed by atoms with E-state index in [1.165, 1.54) is 4.88 Å². The van der Waals surface area contributed by atoms with Gasteiger partial charge in [-0.05, 0) is 56.0 Å². The van der Waals surface area contributed by atoms with Gasteiger partial charge in [0.25, 0.3) is 0 Å². The quantitative estimate of drug-likeness (QED) is 0.402. The van der Waals surface area contributed by atoms with Crippen molar-refractivity contribution < 1.29 is 9.59 Å². The number of nitrogens with zero attached hydrogens (tertiary/aromatic N) is 1. The summed E-state index contributed by atoms with van der Waals surface area (Å²) in [7, 11) is 1.87. The number of ketones is 1. The van der Waals surface area contributed by atoms with E-state index in [0.29, 0.717) is 32.7 Å². The van der Waals surface area contributed by atoms with Crippen LogP contribution in [0.15, 0.2) is 48.5 Å². The fourth-order valence-corrected chi connectivity index (χ4v) is 5.67. The molecule has 1 aliphatic rings. The Kier molecular flexibility index (Phi) is 7.31. The van der Waals surface area contributed by atoms with E-state index in [2.05, 4.69) is 5.32 Å². The fourth-order valence-electron chi connectivity index (χ4n) is 4.04. The topological polar surface area (TPSA) is 49.4 Å². The lowest BCUT2D eigenvalue weighted by atomic mass is 9.92. The summed E-state index contributed by atoms with van der Waals surface area (Å²) in [6.07, 6.45) is 4.03. The van der Waals surface area contributed by atoms with Crippen molar-refractivity contribution in [3.05, 3.63) is 85.7 Å². The minimum atomic E-state index is -0.145. The highest BCUT2D eigenvalue weighted by Crippen LogP contribution is 2.39. The third-order valence-corrected chi connectivity index (χ3v) is 7.48. The van der Waals surface area contributed by atoms with Gasteiger partial charge in [0.2, 0.25) is 5.91 Å². The van der Waals surface area contributed by atoms with Crippen molar-refractivity contribution in [2.45, 2.75) is 32.2 Å². The second kappa shape index (κ2) is 10.2. The van der Waals surface area contributed by atoms with Crippen molar-refractivity contribution >= 4 is 51.2 Å². The third kappa shape index (κ3) is 5.24. The molecule has 0 unspecified atom stereocenters. The summed E-state index contributed by atoms with van der Waals surface area (Å²) in [5.41, 5.74) is 3.39. The zero-order valence-electron chi connectivity index (χ0n) is 17.8. The third-order valence-electron chi connectivity index (χ3n) is 5.54. The molecule has 32 heavy (non-hydrogen) atoms. The minimum Gasteiger partial charge on any atom is -0.316 e. The van der Waals surface area contributed by atoms with E-state index in [9.17, 15) is 9.59 Å². The Labute approximate surface area is 202 Å². The van der Waals surface area contributed by atoms with Gasteiger partial charge in [0.05, 0.1) is 22.2 Å². The fraction of sp³-hybridized carbons (Fsp3) is 0.280. The van der Waals surface area contributed by atoms with Crippen LogP contribution in [-0.2, 0) is 24.2 Å². The maximum atomic E-state index is 13.3. The number of amides is 1.